The molecule has 9 heteroatoms. The Labute approximate surface area is 165 Å². The van der Waals surface area contributed by atoms with Gasteiger partial charge in [-0.25, -0.2) is 12.8 Å². The monoisotopic (exact) mass is 456 g/mol. The molecule has 0 spiro atoms. The van der Waals surface area contributed by atoms with Crippen molar-refractivity contribution >= 4 is 37.5 Å². The summed E-state index contributed by atoms with van der Waals surface area (Å²) in [6.45, 7) is 0.871. The molecular weight excluding hydrogens is 439 g/mol. The molecule has 1 amide bonds. The van der Waals surface area contributed by atoms with Crippen molar-refractivity contribution < 1.29 is 22.3 Å². The number of carbonyl (C=O) groups excluding carboxylic acids is 1. The second kappa shape index (κ2) is 8.47. The van der Waals surface area contributed by atoms with Crippen LogP contribution in [0.5, 0.6) is 0 Å². The van der Waals surface area contributed by atoms with Gasteiger partial charge in [0.05, 0.1) is 19.6 Å². The van der Waals surface area contributed by atoms with Crippen molar-refractivity contribution in [2.24, 2.45) is 0 Å². The molecular formula is C18H18BrFN2O4S. The Hall–Kier alpha value is -1.81. The highest BCUT2D eigenvalue weighted by atomic mass is 79.9. The molecule has 1 N–H and O–H groups in total. The number of halogens is 2. The predicted octanol–water partition coefficient (Wildman–Crippen LogP) is 2.79. The van der Waals surface area contributed by atoms with E-state index in [-0.39, 0.29) is 44.3 Å². The zero-order valence-corrected chi connectivity index (χ0v) is 16.7. The number of nitrogens with one attached hydrogen (secondary N) is 1. The van der Waals surface area contributed by atoms with E-state index in [1.54, 1.807) is 0 Å². The number of carbonyl (C=O) groups is 1. The molecule has 0 aliphatic carbocycles. The molecule has 0 aromatic heterocycles. The molecule has 1 aliphatic rings. The van der Waals surface area contributed by atoms with Crippen molar-refractivity contribution in [3.63, 3.8) is 0 Å². The van der Waals surface area contributed by atoms with Gasteiger partial charge in [0.25, 0.3) is 0 Å². The first kappa shape index (κ1) is 19.9. The van der Waals surface area contributed by atoms with Gasteiger partial charge in [0.2, 0.25) is 15.9 Å². The van der Waals surface area contributed by atoms with E-state index in [1.165, 1.54) is 10.4 Å². The molecule has 2 aromatic rings. The SMILES string of the molecule is O=C(Cc1cccc(Br)c1)Nc1ccc(F)c(S(=O)(=O)N2CCOCC2)c1. The number of rotatable bonds is 5. The second-order valence-electron chi connectivity index (χ2n) is 6.02. The summed E-state index contributed by atoms with van der Waals surface area (Å²) in [5.41, 5.74) is 1.02. The fraction of sp³-hybridized carbons (Fsp3) is 0.278. The van der Waals surface area contributed by atoms with Crippen LogP contribution in [0.15, 0.2) is 51.8 Å². The number of nitrogens with zero attached hydrogens (tertiary/aromatic N) is 1. The van der Waals surface area contributed by atoms with Crippen molar-refractivity contribution in [1.29, 1.82) is 0 Å². The maximum absolute atomic E-state index is 14.2. The van der Waals surface area contributed by atoms with Gasteiger partial charge in [-0.05, 0) is 35.9 Å². The van der Waals surface area contributed by atoms with E-state index in [4.69, 9.17) is 4.74 Å². The van der Waals surface area contributed by atoms with Crippen LogP contribution in [-0.4, -0.2) is 44.9 Å². The van der Waals surface area contributed by atoms with E-state index in [1.807, 2.05) is 24.3 Å². The van der Waals surface area contributed by atoms with Crippen LogP contribution in [0.1, 0.15) is 5.56 Å². The standard InChI is InChI=1S/C18H18BrFN2O4S/c19-14-3-1-2-13(10-14)11-18(23)21-15-4-5-16(20)17(12-15)27(24,25)22-6-8-26-9-7-22/h1-5,10,12H,6-9,11H2,(H,21,23). The Kier molecular flexibility index (Phi) is 6.25. The highest BCUT2D eigenvalue weighted by molar-refractivity contribution is 9.10. The first-order valence-electron chi connectivity index (χ1n) is 8.28. The molecule has 144 valence electrons. The molecule has 3 rings (SSSR count). The largest absolute Gasteiger partial charge is 0.379 e. The Morgan fingerprint density at radius 2 is 1.93 bits per heavy atom. The van der Waals surface area contributed by atoms with Gasteiger partial charge in [-0.15, -0.1) is 0 Å². The van der Waals surface area contributed by atoms with Crippen molar-refractivity contribution in [3.8, 4) is 0 Å². The van der Waals surface area contributed by atoms with Crippen LogP contribution in [0.3, 0.4) is 0 Å². The first-order valence-corrected chi connectivity index (χ1v) is 10.5. The van der Waals surface area contributed by atoms with Crippen molar-refractivity contribution in [2.45, 2.75) is 11.3 Å². The maximum Gasteiger partial charge on any atom is 0.246 e. The van der Waals surface area contributed by atoms with Crippen LogP contribution >= 0.6 is 15.9 Å². The predicted molar refractivity (Wildman–Crippen MR) is 102 cm³/mol. The summed E-state index contributed by atoms with van der Waals surface area (Å²) in [6.07, 6.45) is 0.113. The fourth-order valence-electron chi connectivity index (χ4n) is 2.74. The van der Waals surface area contributed by atoms with E-state index in [0.29, 0.717) is 0 Å². The van der Waals surface area contributed by atoms with Crippen LogP contribution < -0.4 is 5.32 Å². The van der Waals surface area contributed by atoms with Crippen molar-refractivity contribution in [3.05, 3.63) is 58.3 Å². The average molecular weight is 457 g/mol. The van der Waals surface area contributed by atoms with Crippen LogP contribution in [-0.2, 0) is 26.0 Å². The Morgan fingerprint density at radius 3 is 2.63 bits per heavy atom. The Morgan fingerprint density at radius 1 is 1.19 bits per heavy atom. The van der Waals surface area contributed by atoms with Crippen LogP contribution in [0.4, 0.5) is 10.1 Å². The molecule has 0 atom stereocenters. The smallest absolute Gasteiger partial charge is 0.246 e. The van der Waals surface area contributed by atoms with E-state index in [9.17, 15) is 17.6 Å². The molecule has 27 heavy (non-hydrogen) atoms. The van der Waals surface area contributed by atoms with Gasteiger partial charge in [-0.3, -0.25) is 4.79 Å². The molecule has 1 heterocycles. The Balaban J connectivity index is 1.77. The summed E-state index contributed by atoms with van der Waals surface area (Å²) in [4.78, 5) is 11.8. The third-order valence-electron chi connectivity index (χ3n) is 4.06. The van der Waals surface area contributed by atoms with Gasteiger partial charge in [0.15, 0.2) is 0 Å². The molecule has 0 saturated carbocycles. The summed E-state index contributed by atoms with van der Waals surface area (Å²) in [6, 6.07) is 10.8. The van der Waals surface area contributed by atoms with Crippen molar-refractivity contribution in [1.82, 2.24) is 4.31 Å². The number of sulfonamides is 1. The normalized spacial score (nSPS) is 15.5. The lowest BCUT2D eigenvalue weighted by Crippen LogP contribution is -2.40. The minimum absolute atomic E-state index is 0.113. The third kappa shape index (κ3) is 4.92. The van der Waals surface area contributed by atoms with Crippen molar-refractivity contribution in [2.75, 3.05) is 31.6 Å². The number of amides is 1. The van der Waals surface area contributed by atoms with E-state index in [0.717, 1.165) is 22.2 Å². The van der Waals surface area contributed by atoms with Crippen LogP contribution in [0, 0.1) is 5.82 Å². The molecule has 1 fully saturated rings. The maximum atomic E-state index is 14.2. The van der Waals surface area contributed by atoms with Gasteiger partial charge in [0.1, 0.15) is 10.7 Å². The lowest BCUT2D eigenvalue weighted by atomic mass is 10.1. The second-order valence-corrected chi connectivity index (χ2v) is 8.84. The molecule has 0 bridgehead atoms. The summed E-state index contributed by atoms with van der Waals surface area (Å²) in [7, 11) is -3.99. The summed E-state index contributed by atoms with van der Waals surface area (Å²) >= 11 is 3.34. The van der Waals surface area contributed by atoms with E-state index in [2.05, 4.69) is 21.2 Å². The quantitative estimate of drug-likeness (QED) is 0.750. The van der Waals surface area contributed by atoms with Crippen LogP contribution in [0.2, 0.25) is 0 Å². The number of anilines is 1. The number of hydrogen-bond donors (Lipinski definition) is 1. The minimum Gasteiger partial charge on any atom is -0.379 e. The third-order valence-corrected chi connectivity index (χ3v) is 6.46. The zero-order chi connectivity index (χ0) is 19.4. The zero-order valence-electron chi connectivity index (χ0n) is 14.3. The first-order chi connectivity index (χ1) is 12.9. The Bertz CT molecular complexity index is 946. The lowest BCUT2D eigenvalue weighted by Gasteiger charge is -2.26. The molecule has 6 nitrogen and oxygen atoms in total. The van der Waals surface area contributed by atoms with Gasteiger partial charge in [0, 0.05) is 23.2 Å². The molecule has 1 aliphatic heterocycles. The minimum atomic E-state index is -3.99. The summed E-state index contributed by atoms with van der Waals surface area (Å²) in [5, 5.41) is 2.62. The number of ether oxygens (including phenoxy) is 1. The van der Waals surface area contributed by atoms with E-state index < -0.39 is 20.7 Å². The molecule has 0 unspecified atom stereocenters. The molecule has 0 radical (unpaired) electrons. The van der Waals surface area contributed by atoms with Crippen LogP contribution in [0.25, 0.3) is 0 Å². The highest BCUT2D eigenvalue weighted by Crippen LogP contribution is 2.24. The van der Waals surface area contributed by atoms with Gasteiger partial charge < -0.3 is 10.1 Å². The summed E-state index contributed by atoms with van der Waals surface area (Å²) < 4.78 is 46.7. The van der Waals surface area contributed by atoms with Gasteiger partial charge >= 0.3 is 0 Å². The van der Waals surface area contributed by atoms with E-state index >= 15 is 0 Å². The van der Waals surface area contributed by atoms with Gasteiger partial charge in [-0.1, -0.05) is 28.1 Å². The van der Waals surface area contributed by atoms with Gasteiger partial charge in [-0.2, -0.15) is 4.31 Å². The number of benzene rings is 2. The molecule has 1 saturated heterocycles. The summed E-state index contributed by atoms with van der Waals surface area (Å²) in [5.74, 6) is -1.18. The number of morpholine rings is 1. The fourth-order valence-corrected chi connectivity index (χ4v) is 4.69. The lowest BCUT2D eigenvalue weighted by molar-refractivity contribution is -0.115. The highest BCUT2D eigenvalue weighted by Gasteiger charge is 2.29. The topological polar surface area (TPSA) is 75.7 Å². The molecule has 2 aromatic carbocycles. The number of hydrogen-bond acceptors (Lipinski definition) is 4. The average Bonchev–Trinajstić information content (AvgIpc) is 2.64.